The fourth-order valence-electron chi connectivity index (χ4n) is 2.44. The molecule has 0 aliphatic rings. The summed E-state index contributed by atoms with van der Waals surface area (Å²) < 4.78 is 7.18. The second-order valence-corrected chi connectivity index (χ2v) is 8.09. The van der Waals surface area contributed by atoms with Crippen molar-refractivity contribution in [3.8, 4) is 5.75 Å². The Balaban J connectivity index is 1.53. The van der Waals surface area contributed by atoms with Crippen LogP contribution in [0.2, 0.25) is 0 Å². The number of nitrogens with one attached hydrogen (secondary N) is 1. The number of methoxy groups -OCH3 is 1. The van der Waals surface area contributed by atoms with E-state index in [1.54, 1.807) is 18.9 Å². The third kappa shape index (κ3) is 5.30. The van der Waals surface area contributed by atoms with Crippen molar-refractivity contribution in [3.63, 3.8) is 0 Å². The molecule has 6 nitrogen and oxygen atoms in total. The summed E-state index contributed by atoms with van der Waals surface area (Å²) in [5, 5.41) is 12.1. The Morgan fingerprint density at radius 3 is 2.61 bits per heavy atom. The van der Waals surface area contributed by atoms with Crippen LogP contribution < -0.4 is 10.1 Å². The lowest BCUT2D eigenvalue weighted by molar-refractivity contribution is -0.113. The molecule has 0 aliphatic heterocycles. The number of rotatable bonds is 8. The van der Waals surface area contributed by atoms with Crippen molar-refractivity contribution in [3.05, 3.63) is 59.9 Å². The average molecular weight is 415 g/mol. The summed E-state index contributed by atoms with van der Waals surface area (Å²) in [5.74, 6) is 2.36. The number of hydrogen-bond acceptors (Lipinski definition) is 6. The van der Waals surface area contributed by atoms with Crippen LogP contribution in [0.4, 0.5) is 5.69 Å². The number of amides is 1. The lowest BCUT2D eigenvalue weighted by atomic mass is 10.2. The fraction of sp³-hybridized carbons (Fsp3) is 0.250. The molecular formula is C20H22N4O2S2. The van der Waals surface area contributed by atoms with Crippen LogP contribution in [0.5, 0.6) is 5.75 Å². The maximum Gasteiger partial charge on any atom is 0.234 e. The third-order valence-electron chi connectivity index (χ3n) is 4.03. The monoisotopic (exact) mass is 414 g/mol. The molecule has 3 aromatic rings. The molecule has 0 saturated heterocycles. The van der Waals surface area contributed by atoms with Gasteiger partial charge >= 0.3 is 0 Å². The van der Waals surface area contributed by atoms with Gasteiger partial charge in [0, 0.05) is 11.9 Å². The van der Waals surface area contributed by atoms with E-state index in [4.69, 9.17) is 4.74 Å². The number of aryl methyl sites for hydroxylation is 1. The molecule has 1 aromatic heterocycles. The van der Waals surface area contributed by atoms with Gasteiger partial charge < -0.3 is 14.6 Å². The summed E-state index contributed by atoms with van der Waals surface area (Å²) in [6.45, 7) is 2.07. The number of thioether (sulfide) groups is 2. The van der Waals surface area contributed by atoms with Crippen LogP contribution in [0.3, 0.4) is 0 Å². The fourth-order valence-corrected chi connectivity index (χ4v) is 4.05. The minimum absolute atomic E-state index is 0.118. The number of aromatic nitrogens is 3. The number of hydrogen-bond donors (Lipinski definition) is 1. The summed E-state index contributed by atoms with van der Waals surface area (Å²) >= 11 is 3.07. The van der Waals surface area contributed by atoms with Gasteiger partial charge in [0.1, 0.15) is 11.6 Å². The van der Waals surface area contributed by atoms with E-state index in [2.05, 4.69) is 46.7 Å². The molecule has 3 rings (SSSR count). The van der Waals surface area contributed by atoms with Crippen molar-refractivity contribution in [2.24, 2.45) is 7.05 Å². The highest BCUT2D eigenvalue weighted by Crippen LogP contribution is 2.25. The Bertz CT molecular complexity index is 942. The number of anilines is 1. The van der Waals surface area contributed by atoms with E-state index in [-0.39, 0.29) is 11.7 Å². The van der Waals surface area contributed by atoms with E-state index in [0.29, 0.717) is 11.4 Å². The zero-order valence-corrected chi connectivity index (χ0v) is 17.6. The summed E-state index contributed by atoms with van der Waals surface area (Å²) in [7, 11) is 3.50. The van der Waals surface area contributed by atoms with Crippen molar-refractivity contribution < 1.29 is 9.53 Å². The Hall–Kier alpha value is -2.45. The maximum absolute atomic E-state index is 12.3. The number of para-hydroxylation sites is 2. The Kier molecular flexibility index (Phi) is 7.00. The quantitative estimate of drug-likeness (QED) is 0.558. The number of benzene rings is 2. The molecule has 1 amide bonds. The van der Waals surface area contributed by atoms with Gasteiger partial charge in [-0.3, -0.25) is 4.79 Å². The minimum Gasteiger partial charge on any atom is -0.495 e. The smallest absolute Gasteiger partial charge is 0.234 e. The number of carbonyl (C=O) groups is 1. The van der Waals surface area contributed by atoms with Gasteiger partial charge in [0.05, 0.1) is 24.3 Å². The first-order valence-electron chi connectivity index (χ1n) is 8.70. The van der Waals surface area contributed by atoms with Gasteiger partial charge in [0.2, 0.25) is 5.91 Å². The van der Waals surface area contributed by atoms with Crippen LogP contribution in [0, 0.1) is 6.92 Å². The molecule has 2 aromatic carbocycles. The lowest BCUT2D eigenvalue weighted by Crippen LogP contribution is -2.15. The summed E-state index contributed by atoms with van der Waals surface area (Å²) in [5.41, 5.74) is 1.90. The van der Waals surface area contributed by atoms with E-state index >= 15 is 0 Å². The van der Waals surface area contributed by atoms with Crippen molar-refractivity contribution in [2.45, 2.75) is 22.7 Å². The number of ether oxygens (including phenoxy) is 1. The van der Waals surface area contributed by atoms with Gasteiger partial charge in [-0.1, -0.05) is 41.6 Å². The zero-order valence-electron chi connectivity index (χ0n) is 16.0. The lowest BCUT2D eigenvalue weighted by Gasteiger charge is -2.09. The molecule has 0 saturated carbocycles. The molecule has 0 atom stereocenters. The molecule has 0 radical (unpaired) electrons. The first-order valence-corrected chi connectivity index (χ1v) is 10.7. The molecule has 0 spiro atoms. The van der Waals surface area contributed by atoms with E-state index in [1.165, 1.54) is 22.2 Å². The van der Waals surface area contributed by atoms with Gasteiger partial charge in [0.25, 0.3) is 0 Å². The molecule has 0 fully saturated rings. The van der Waals surface area contributed by atoms with Crippen molar-refractivity contribution >= 4 is 35.1 Å². The Morgan fingerprint density at radius 2 is 1.86 bits per heavy atom. The van der Waals surface area contributed by atoms with Gasteiger partial charge in [-0.05, 0) is 31.2 Å². The van der Waals surface area contributed by atoms with Crippen molar-refractivity contribution in [1.29, 1.82) is 0 Å². The maximum atomic E-state index is 12.3. The predicted molar refractivity (Wildman–Crippen MR) is 114 cm³/mol. The van der Waals surface area contributed by atoms with Crippen LogP contribution in [-0.4, -0.2) is 33.5 Å². The van der Waals surface area contributed by atoms with Gasteiger partial charge in [0.15, 0.2) is 5.16 Å². The molecule has 146 valence electrons. The van der Waals surface area contributed by atoms with Crippen LogP contribution in [0.25, 0.3) is 0 Å². The normalized spacial score (nSPS) is 10.7. The topological polar surface area (TPSA) is 69.0 Å². The SMILES string of the molecule is COc1ccccc1NC(=O)CSc1nnc(CSc2ccc(C)cc2)n1C. The second kappa shape index (κ2) is 9.66. The summed E-state index contributed by atoms with van der Waals surface area (Å²) in [6.07, 6.45) is 0. The molecular weight excluding hydrogens is 392 g/mol. The number of carbonyl (C=O) groups excluding carboxylic acids is 1. The van der Waals surface area contributed by atoms with E-state index < -0.39 is 0 Å². The Morgan fingerprint density at radius 1 is 1.11 bits per heavy atom. The molecule has 0 unspecified atom stereocenters. The van der Waals surface area contributed by atoms with Crippen LogP contribution in [0.15, 0.2) is 58.6 Å². The molecule has 1 heterocycles. The standard InChI is InChI=1S/C20H22N4O2S2/c1-14-8-10-15(11-9-14)27-12-18-22-23-20(24(18)2)28-13-19(25)21-16-6-4-5-7-17(16)26-3/h4-11H,12-13H2,1-3H3,(H,21,25). The minimum atomic E-state index is -0.118. The highest BCUT2D eigenvalue weighted by molar-refractivity contribution is 7.99. The second-order valence-electron chi connectivity index (χ2n) is 6.10. The highest BCUT2D eigenvalue weighted by Gasteiger charge is 2.13. The summed E-state index contributed by atoms with van der Waals surface area (Å²) in [6, 6.07) is 15.7. The first kappa shape index (κ1) is 20.3. The van der Waals surface area contributed by atoms with Crippen LogP contribution in [0.1, 0.15) is 11.4 Å². The van der Waals surface area contributed by atoms with E-state index in [1.807, 2.05) is 35.9 Å². The zero-order chi connectivity index (χ0) is 19.9. The van der Waals surface area contributed by atoms with Crippen LogP contribution in [-0.2, 0) is 17.6 Å². The van der Waals surface area contributed by atoms with Crippen molar-refractivity contribution in [1.82, 2.24) is 14.8 Å². The largest absolute Gasteiger partial charge is 0.495 e. The molecule has 0 bridgehead atoms. The molecule has 1 N–H and O–H groups in total. The predicted octanol–water partition coefficient (Wildman–Crippen LogP) is 4.16. The van der Waals surface area contributed by atoms with Gasteiger partial charge in [-0.25, -0.2) is 0 Å². The first-order chi connectivity index (χ1) is 13.6. The molecule has 28 heavy (non-hydrogen) atoms. The summed E-state index contributed by atoms with van der Waals surface area (Å²) in [4.78, 5) is 13.5. The van der Waals surface area contributed by atoms with Crippen LogP contribution >= 0.6 is 23.5 Å². The van der Waals surface area contributed by atoms with Gasteiger partial charge in [-0.15, -0.1) is 22.0 Å². The van der Waals surface area contributed by atoms with E-state index in [9.17, 15) is 4.79 Å². The highest BCUT2D eigenvalue weighted by atomic mass is 32.2. The Labute approximate surface area is 173 Å². The molecule has 0 aliphatic carbocycles. The van der Waals surface area contributed by atoms with Gasteiger partial charge in [-0.2, -0.15) is 0 Å². The van der Waals surface area contributed by atoms with E-state index in [0.717, 1.165) is 16.7 Å². The van der Waals surface area contributed by atoms with Crippen molar-refractivity contribution in [2.75, 3.05) is 18.2 Å². The third-order valence-corrected chi connectivity index (χ3v) is 6.06. The average Bonchev–Trinajstić information content (AvgIpc) is 3.06. The molecule has 8 heteroatoms. The number of nitrogens with zero attached hydrogens (tertiary/aromatic N) is 3.